The lowest BCUT2D eigenvalue weighted by Gasteiger charge is -2.49. The molecule has 2 aliphatic heterocycles. The first-order chi connectivity index (χ1) is 19.2. The molecule has 2 aromatic heterocycles. The lowest BCUT2D eigenvalue weighted by Crippen LogP contribution is -2.70. The molecule has 0 saturated carbocycles. The van der Waals surface area contributed by atoms with Crippen molar-refractivity contribution < 1.29 is 29.0 Å². The standard InChI is InChI=1S/C23H20N8O7S2/c1-30-23(27-28-29-30)40-10-12-9-39-20-17(19(34)31(20)18(12)21(35)36)24-16(33)8-11-4-2-3-5-14(11)38-22(37)13-6-7-15(32)26-25-13/h2-7,17,20H,8-10H2,1H3,(H,24,33)(H,26,32)(H,35,36)/t17-,20-/m1/s1. The quantitative estimate of drug-likeness (QED) is 0.127. The van der Waals surface area contributed by atoms with Crippen LogP contribution in [0.25, 0.3) is 0 Å². The average Bonchev–Trinajstić information content (AvgIpc) is 3.35. The summed E-state index contributed by atoms with van der Waals surface area (Å²) in [6, 6.07) is 7.80. The molecule has 40 heavy (non-hydrogen) atoms. The Balaban J connectivity index is 1.23. The molecular formula is C23H20N8O7S2. The molecule has 0 unspecified atom stereocenters. The molecule has 3 N–H and O–H groups in total. The van der Waals surface area contributed by atoms with Gasteiger partial charge in [0.15, 0.2) is 5.69 Å². The van der Waals surface area contributed by atoms with Crippen LogP contribution in [0.15, 0.2) is 57.6 Å². The maximum Gasteiger partial charge on any atom is 0.364 e. The number of tetrazole rings is 1. The van der Waals surface area contributed by atoms with Crippen molar-refractivity contribution in [3.8, 4) is 5.75 Å². The molecule has 1 aromatic carbocycles. The lowest BCUT2D eigenvalue weighted by molar-refractivity contribution is -0.150. The van der Waals surface area contributed by atoms with Gasteiger partial charge in [0.05, 0.1) is 6.42 Å². The Morgan fingerprint density at radius 1 is 1.23 bits per heavy atom. The van der Waals surface area contributed by atoms with E-state index in [4.69, 9.17) is 4.74 Å². The molecule has 2 aliphatic rings. The fourth-order valence-corrected chi connectivity index (χ4v) is 6.38. The van der Waals surface area contributed by atoms with Crippen molar-refractivity contribution in [2.75, 3.05) is 11.5 Å². The van der Waals surface area contributed by atoms with Crippen LogP contribution >= 0.6 is 23.5 Å². The predicted octanol–water partition coefficient (Wildman–Crippen LogP) is -0.414. The van der Waals surface area contributed by atoms with Crippen molar-refractivity contribution in [1.29, 1.82) is 0 Å². The first-order valence-corrected chi connectivity index (χ1v) is 13.7. The van der Waals surface area contributed by atoms with Crippen LogP contribution in [0, 0.1) is 0 Å². The number of esters is 1. The Labute approximate surface area is 233 Å². The number of fused-ring (bicyclic) bond motifs is 1. The topological polar surface area (TPSA) is 202 Å². The van der Waals surface area contributed by atoms with E-state index in [1.165, 1.54) is 45.2 Å². The van der Waals surface area contributed by atoms with E-state index < -0.39 is 40.7 Å². The third-order valence-electron chi connectivity index (χ3n) is 5.94. The molecule has 206 valence electrons. The van der Waals surface area contributed by atoms with E-state index in [1.807, 2.05) is 0 Å². The number of thioether (sulfide) groups is 2. The van der Waals surface area contributed by atoms with E-state index in [9.17, 15) is 29.1 Å². The second kappa shape index (κ2) is 11.3. The van der Waals surface area contributed by atoms with Gasteiger partial charge >= 0.3 is 11.9 Å². The number of rotatable bonds is 9. The zero-order valence-corrected chi connectivity index (χ0v) is 22.3. The number of aryl methyl sites for hydroxylation is 1. The fraction of sp³-hybridized carbons (Fsp3) is 0.261. The van der Waals surface area contributed by atoms with Gasteiger partial charge in [0.1, 0.15) is 22.9 Å². The summed E-state index contributed by atoms with van der Waals surface area (Å²) in [5, 5.41) is 29.4. The van der Waals surface area contributed by atoms with E-state index in [-0.39, 0.29) is 29.3 Å². The Morgan fingerprint density at radius 3 is 2.73 bits per heavy atom. The van der Waals surface area contributed by atoms with Crippen LogP contribution in [0.4, 0.5) is 0 Å². The van der Waals surface area contributed by atoms with Crippen molar-refractivity contribution in [2.24, 2.45) is 7.05 Å². The number of carbonyl (C=O) groups is 4. The summed E-state index contributed by atoms with van der Waals surface area (Å²) in [5.74, 6) is -2.37. The van der Waals surface area contributed by atoms with Gasteiger partial charge in [0.25, 0.3) is 11.5 Å². The summed E-state index contributed by atoms with van der Waals surface area (Å²) in [6.07, 6.45) is -0.209. The van der Waals surface area contributed by atoms with Gasteiger partial charge < -0.3 is 15.2 Å². The SMILES string of the molecule is Cn1nnnc1SCC1=C(C(=O)O)N2C(=O)[C@@H](NC(=O)Cc3ccccc3OC(=O)c3ccc(=O)[nH]n3)[C@H]2SC1. The van der Waals surface area contributed by atoms with Crippen LogP contribution in [-0.2, 0) is 27.9 Å². The monoisotopic (exact) mass is 584 g/mol. The van der Waals surface area contributed by atoms with Crippen molar-refractivity contribution in [1.82, 2.24) is 40.6 Å². The molecule has 0 aliphatic carbocycles. The van der Waals surface area contributed by atoms with Gasteiger partial charge in [-0.25, -0.2) is 19.4 Å². The van der Waals surface area contributed by atoms with E-state index in [0.29, 0.717) is 22.0 Å². The molecule has 0 spiro atoms. The number of para-hydroxylation sites is 1. The van der Waals surface area contributed by atoms with E-state index in [2.05, 4.69) is 31.0 Å². The number of hydrogen-bond acceptors (Lipinski definition) is 12. The highest BCUT2D eigenvalue weighted by Crippen LogP contribution is 2.41. The minimum absolute atomic E-state index is 0.102. The number of H-pyrrole nitrogens is 1. The lowest BCUT2D eigenvalue weighted by atomic mass is 10.0. The maximum atomic E-state index is 13.0. The number of aromatic nitrogens is 6. The van der Waals surface area contributed by atoms with Crippen molar-refractivity contribution in [3.05, 3.63) is 69.3 Å². The molecule has 4 heterocycles. The molecule has 1 fully saturated rings. The zero-order valence-electron chi connectivity index (χ0n) is 20.6. The summed E-state index contributed by atoms with van der Waals surface area (Å²) in [7, 11) is 1.67. The van der Waals surface area contributed by atoms with Gasteiger partial charge in [-0.15, -0.1) is 16.9 Å². The van der Waals surface area contributed by atoms with Crippen LogP contribution in [0.5, 0.6) is 5.75 Å². The van der Waals surface area contributed by atoms with E-state index in [0.717, 1.165) is 6.07 Å². The molecule has 15 nitrogen and oxygen atoms in total. The first-order valence-electron chi connectivity index (χ1n) is 11.6. The van der Waals surface area contributed by atoms with Crippen molar-refractivity contribution in [3.63, 3.8) is 0 Å². The Morgan fingerprint density at radius 2 is 2.02 bits per heavy atom. The Bertz CT molecular complexity index is 1580. The third kappa shape index (κ3) is 5.46. The fourth-order valence-electron chi connectivity index (χ4n) is 4.05. The summed E-state index contributed by atoms with van der Waals surface area (Å²) >= 11 is 2.61. The van der Waals surface area contributed by atoms with Gasteiger partial charge in [-0.05, 0) is 28.1 Å². The number of aromatic amines is 1. The number of nitrogens with one attached hydrogen (secondary N) is 2. The van der Waals surface area contributed by atoms with Crippen LogP contribution in [0.3, 0.4) is 0 Å². The summed E-state index contributed by atoms with van der Waals surface area (Å²) in [6.45, 7) is 0. The molecule has 1 saturated heterocycles. The second-order valence-corrected chi connectivity index (χ2v) is 10.6. The molecule has 2 atom stereocenters. The number of amides is 2. The van der Waals surface area contributed by atoms with Gasteiger partial charge in [-0.3, -0.25) is 19.3 Å². The highest BCUT2D eigenvalue weighted by Gasteiger charge is 2.54. The van der Waals surface area contributed by atoms with Gasteiger partial charge in [0.2, 0.25) is 11.1 Å². The molecule has 3 aromatic rings. The number of β-lactam (4-membered cyclic amide) rings is 1. The Kier molecular flexibility index (Phi) is 7.65. The first kappa shape index (κ1) is 27.1. The molecule has 0 bridgehead atoms. The average molecular weight is 585 g/mol. The number of benzene rings is 1. The molecular weight excluding hydrogens is 564 g/mol. The highest BCUT2D eigenvalue weighted by atomic mass is 32.2. The third-order valence-corrected chi connectivity index (χ3v) is 8.37. The minimum Gasteiger partial charge on any atom is -0.477 e. The number of carbonyl (C=O) groups excluding carboxylic acids is 3. The van der Waals surface area contributed by atoms with Crippen LogP contribution in [0.1, 0.15) is 16.1 Å². The highest BCUT2D eigenvalue weighted by molar-refractivity contribution is 8.01. The molecule has 17 heteroatoms. The van der Waals surface area contributed by atoms with Crippen LogP contribution in [0.2, 0.25) is 0 Å². The Hall–Kier alpha value is -4.51. The zero-order chi connectivity index (χ0) is 28.4. The van der Waals surface area contributed by atoms with Crippen molar-refractivity contribution in [2.45, 2.75) is 23.0 Å². The van der Waals surface area contributed by atoms with E-state index >= 15 is 0 Å². The number of nitrogens with zero attached hydrogens (tertiary/aromatic N) is 6. The van der Waals surface area contributed by atoms with Crippen LogP contribution < -0.4 is 15.6 Å². The van der Waals surface area contributed by atoms with Gasteiger partial charge in [0, 0.05) is 30.2 Å². The maximum absolute atomic E-state index is 13.0. The smallest absolute Gasteiger partial charge is 0.364 e. The predicted molar refractivity (Wildman–Crippen MR) is 139 cm³/mol. The summed E-state index contributed by atoms with van der Waals surface area (Å²) < 4.78 is 6.83. The minimum atomic E-state index is -1.23. The molecule has 0 radical (unpaired) electrons. The number of aliphatic carboxylic acids is 1. The number of carboxylic acid groups (broad SMARTS) is 1. The second-order valence-electron chi connectivity index (χ2n) is 8.57. The van der Waals surface area contributed by atoms with E-state index in [1.54, 1.807) is 25.2 Å². The summed E-state index contributed by atoms with van der Waals surface area (Å²) in [5.41, 5.74) is 0.222. The van der Waals surface area contributed by atoms with Gasteiger partial charge in [-0.2, -0.15) is 5.10 Å². The number of carboxylic acids is 1. The number of hydrogen-bond donors (Lipinski definition) is 3. The van der Waals surface area contributed by atoms with Crippen molar-refractivity contribution >= 4 is 47.3 Å². The molecule has 2 amide bonds. The van der Waals surface area contributed by atoms with Gasteiger partial charge in [-0.1, -0.05) is 30.0 Å². The van der Waals surface area contributed by atoms with Crippen LogP contribution in [-0.4, -0.2) is 87.1 Å². The summed E-state index contributed by atoms with van der Waals surface area (Å²) in [4.78, 5) is 62.7. The largest absolute Gasteiger partial charge is 0.477 e. The normalized spacial score (nSPS) is 18.1. The number of ether oxygens (including phenoxy) is 1. The molecule has 5 rings (SSSR count).